The van der Waals surface area contributed by atoms with Gasteiger partial charge < -0.3 is 0 Å². The molecule has 1 heterocycles. The van der Waals surface area contributed by atoms with Crippen LogP contribution in [0.3, 0.4) is 0 Å². The molecule has 3 rings (SSSR count). The van der Waals surface area contributed by atoms with Gasteiger partial charge in [-0.2, -0.15) is 4.31 Å². The van der Waals surface area contributed by atoms with Crippen molar-refractivity contribution in [2.75, 3.05) is 18.4 Å². The van der Waals surface area contributed by atoms with Crippen LogP contribution in [0.25, 0.3) is 0 Å². The molecule has 0 unspecified atom stereocenters. The number of nitrogens with zero attached hydrogens (tertiary/aromatic N) is 3. The zero-order valence-electron chi connectivity index (χ0n) is 17.1. The number of amides is 1. The molecule has 1 aromatic heterocycles. The van der Waals surface area contributed by atoms with Gasteiger partial charge in [0.05, 0.1) is 4.90 Å². The Morgan fingerprint density at radius 1 is 1.07 bits per heavy atom. The van der Waals surface area contributed by atoms with E-state index in [0.29, 0.717) is 24.6 Å². The quantitative estimate of drug-likeness (QED) is 0.572. The van der Waals surface area contributed by atoms with Crippen molar-refractivity contribution in [3.8, 4) is 0 Å². The van der Waals surface area contributed by atoms with E-state index in [1.54, 1.807) is 26.0 Å². The monoisotopic (exact) mass is 444 g/mol. The number of hydrogen-bond acceptors (Lipinski definition) is 6. The second kappa shape index (κ2) is 9.46. The molecule has 7 nitrogen and oxygen atoms in total. The van der Waals surface area contributed by atoms with Gasteiger partial charge in [0.2, 0.25) is 15.2 Å². The minimum atomic E-state index is -3.64. The molecule has 0 spiro atoms. The van der Waals surface area contributed by atoms with E-state index in [-0.39, 0.29) is 10.5 Å². The summed E-state index contributed by atoms with van der Waals surface area (Å²) < 4.78 is 26.8. The highest BCUT2D eigenvalue weighted by molar-refractivity contribution is 7.89. The minimum Gasteiger partial charge on any atom is -0.296 e. The van der Waals surface area contributed by atoms with Crippen molar-refractivity contribution in [3.63, 3.8) is 0 Å². The first-order chi connectivity index (χ1) is 14.3. The van der Waals surface area contributed by atoms with Gasteiger partial charge in [0, 0.05) is 25.1 Å². The molecular formula is C21H24N4O3S2. The summed E-state index contributed by atoms with van der Waals surface area (Å²) in [5, 5.41) is 12.0. The molecule has 0 fully saturated rings. The molecule has 1 amide bonds. The summed E-state index contributed by atoms with van der Waals surface area (Å²) in [4.78, 5) is 12.7. The Morgan fingerprint density at radius 2 is 1.80 bits per heavy atom. The zero-order chi connectivity index (χ0) is 21.7. The Labute approximate surface area is 180 Å². The molecule has 1 N–H and O–H groups in total. The van der Waals surface area contributed by atoms with Crippen LogP contribution in [-0.4, -0.2) is 41.9 Å². The summed E-state index contributed by atoms with van der Waals surface area (Å²) in [5.41, 5.74) is 2.54. The average Bonchev–Trinajstić information content (AvgIpc) is 3.15. The van der Waals surface area contributed by atoms with E-state index in [1.165, 1.54) is 33.3 Å². The molecule has 9 heteroatoms. The Kier molecular flexibility index (Phi) is 6.96. The van der Waals surface area contributed by atoms with Crippen molar-refractivity contribution in [2.24, 2.45) is 0 Å². The molecular weight excluding hydrogens is 420 g/mol. The van der Waals surface area contributed by atoms with Crippen molar-refractivity contribution in [3.05, 3.63) is 70.2 Å². The van der Waals surface area contributed by atoms with Gasteiger partial charge in [-0.3, -0.25) is 10.1 Å². The number of benzene rings is 2. The van der Waals surface area contributed by atoms with Crippen molar-refractivity contribution in [2.45, 2.75) is 32.1 Å². The number of sulfonamides is 1. The van der Waals surface area contributed by atoms with Crippen LogP contribution in [-0.2, 0) is 16.4 Å². The van der Waals surface area contributed by atoms with Crippen LogP contribution in [0.5, 0.6) is 0 Å². The molecule has 0 bridgehead atoms. The summed E-state index contributed by atoms with van der Waals surface area (Å²) in [6, 6.07) is 14.2. The maximum atomic E-state index is 12.7. The molecule has 0 radical (unpaired) electrons. The van der Waals surface area contributed by atoms with Gasteiger partial charge in [-0.25, -0.2) is 8.42 Å². The summed E-state index contributed by atoms with van der Waals surface area (Å²) in [5.74, 6) is -0.426. The molecule has 0 saturated carbocycles. The number of rotatable bonds is 8. The first-order valence-electron chi connectivity index (χ1n) is 9.63. The van der Waals surface area contributed by atoms with Gasteiger partial charge in [-0.05, 0) is 30.7 Å². The maximum Gasteiger partial charge on any atom is 0.257 e. The van der Waals surface area contributed by atoms with E-state index in [1.807, 2.05) is 25.1 Å². The van der Waals surface area contributed by atoms with E-state index in [2.05, 4.69) is 21.6 Å². The third-order valence-corrected chi connectivity index (χ3v) is 7.45. The Balaban J connectivity index is 1.73. The number of aromatic nitrogens is 2. The summed E-state index contributed by atoms with van der Waals surface area (Å²) >= 11 is 1.30. The third-order valence-electron chi connectivity index (χ3n) is 4.56. The second-order valence-electron chi connectivity index (χ2n) is 6.74. The fraction of sp³-hybridized carbons (Fsp3) is 0.286. The zero-order valence-corrected chi connectivity index (χ0v) is 18.8. The molecule has 0 aliphatic heterocycles. The number of hydrogen-bond donors (Lipinski definition) is 1. The smallest absolute Gasteiger partial charge is 0.257 e. The van der Waals surface area contributed by atoms with Crippen LogP contribution in [0.2, 0.25) is 0 Å². The Hall–Kier alpha value is -2.62. The summed E-state index contributed by atoms with van der Waals surface area (Å²) in [6.45, 7) is 6.32. The number of aryl methyl sites for hydroxylation is 1. The predicted octanol–water partition coefficient (Wildman–Crippen LogP) is 3.72. The number of anilines is 1. The lowest BCUT2D eigenvalue weighted by Gasteiger charge is -2.18. The number of carbonyl (C=O) groups excluding carboxylic acids is 1. The van der Waals surface area contributed by atoms with Crippen LogP contribution in [0.1, 0.15) is 40.3 Å². The molecule has 0 aliphatic rings. The van der Waals surface area contributed by atoms with Crippen molar-refractivity contribution >= 4 is 32.4 Å². The van der Waals surface area contributed by atoms with Gasteiger partial charge in [-0.15, -0.1) is 10.2 Å². The molecule has 0 atom stereocenters. The lowest BCUT2D eigenvalue weighted by atomic mass is 10.1. The molecule has 0 aliphatic carbocycles. The summed E-state index contributed by atoms with van der Waals surface area (Å²) in [7, 11) is -3.64. The highest BCUT2D eigenvalue weighted by Gasteiger charge is 2.22. The number of carbonyl (C=O) groups is 1. The fourth-order valence-electron chi connectivity index (χ4n) is 3.05. The van der Waals surface area contributed by atoms with Crippen molar-refractivity contribution in [1.82, 2.24) is 14.5 Å². The summed E-state index contributed by atoms with van der Waals surface area (Å²) in [6.07, 6.45) is 0.632. The van der Waals surface area contributed by atoms with Crippen LogP contribution in [0.15, 0.2) is 53.4 Å². The average molecular weight is 445 g/mol. The highest BCUT2D eigenvalue weighted by atomic mass is 32.2. The molecule has 30 heavy (non-hydrogen) atoms. The third kappa shape index (κ3) is 5.10. The van der Waals surface area contributed by atoms with E-state index >= 15 is 0 Å². The predicted molar refractivity (Wildman–Crippen MR) is 118 cm³/mol. The lowest BCUT2D eigenvalue weighted by Crippen LogP contribution is -2.30. The minimum absolute atomic E-state index is 0.0938. The fourth-order valence-corrected chi connectivity index (χ4v) is 5.33. The van der Waals surface area contributed by atoms with Gasteiger partial charge in [0.15, 0.2) is 0 Å². The van der Waals surface area contributed by atoms with Crippen LogP contribution in [0, 0.1) is 6.92 Å². The van der Waals surface area contributed by atoms with Crippen molar-refractivity contribution < 1.29 is 13.2 Å². The SMILES string of the molecule is CCN(CC)S(=O)(=O)c1cccc(C(=O)Nc2nnc(Cc3cccc(C)c3)s2)c1. The van der Waals surface area contributed by atoms with Crippen LogP contribution < -0.4 is 5.32 Å². The van der Waals surface area contributed by atoms with Crippen LogP contribution >= 0.6 is 11.3 Å². The van der Waals surface area contributed by atoms with Gasteiger partial charge in [0.1, 0.15) is 5.01 Å². The lowest BCUT2D eigenvalue weighted by molar-refractivity contribution is 0.102. The maximum absolute atomic E-state index is 12.7. The topological polar surface area (TPSA) is 92.3 Å². The molecule has 2 aromatic carbocycles. The van der Waals surface area contributed by atoms with Gasteiger partial charge >= 0.3 is 0 Å². The van der Waals surface area contributed by atoms with Crippen LogP contribution in [0.4, 0.5) is 5.13 Å². The number of nitrogens with one attached hydrogen (secondary N) is 1. The van der Waals surface area contributed by atoms with E-state index < -0.39 is 15.9 Å². The Morgan fingerprint density at radius 3 is 2.50 bits per heavy atom. The van der Waals surface area contributed by atoms with Crippen molar-refractivity contribution in [1.29, 1.82) is 0 Å². The second-order valence-corrected chi connectivity index (χ2v) is 9.74. The Bertz CT molecular complexity index is 1140. The normalized spacial score (nSPS) is 11.6. The molecule has 3 aromatic rings. The van der Waals surface area contributed by atoms with Gasteiger partial charge in [-0.1, -0.05) is 61.1 Å². The first-order valence-corrected chi connectivity index (χ1v) is 11.9. The highest BCUT2D eigenvalue weighted by Crippen LogP contribution is 2.21. The van der Waals surface area contributed by atoms with E-state index in [9.17, 15) is 13.2 Å². The van der Waals surface area contributed by atoms with E-state index in [0.717, 1.165) is 10.6 Å². The largest absolute Gasteiger partial charge is 0.296 e. The first kappa shape index (κ1) is 22.1. The van der Waals surface area contributed by atoms with Gasteiger partial charge in [0.25, 0.3) is 5.91 Å². The van der Waals surface area contributed by atoms with E-state index in [4.69, 9.17) is 0 Å². The molecule has 158 valence electrons. The molecule has 0 saturated heterocycles. The standard InChI is InChI=1S/C21H24N4O3S2/c1-4-25(5-2)30(27,28)18-11-7-10-17(14-18)20(26)22-21-24-23-19(29-21)13-16-9-6-8-15(3)12-16/h6-12,14H,4-5,13H2,1-3H3,(H,22,24,26).